The minimum absolute atomic E-state index is 0.322. The molecule has 0 aliphatic carbocycles. The average Bonchev–Trinajstić information content (AvgIpc) is 2.50. The Bertz CT molecular complexity index is 928. The molecule has 0 spiro atoms. The SMILES string of the molecule is Cc1cc(C(=O)Nc2cc(Cl)ccc2Cl)c2cc(F)ccc2n1. The lowest BCUT2D eigenvalue weighted by Crippen LogP contribution is -2.13. The zero-order valence-electron chi connectivity index (χ0n) is 12.0. The average molecular weight is 349 g/mol. The number of pyridine rings is 1. The van der Waals surface area contributed by atoms with Gasteiger partial charge in [0, 0.05) is 16.1 Å². The van der Waals surface area contributed by atoms with Gasteiger partial charge in [-0.15, -0.1) is 0 Å². The van der Waals surface area contributed by atoms with Gasteiger partial charge in [0.2, 0.25) is 0 Å². The predicted octanol–water partition coefficient (Wildman–Crippen LogP) is 5.24. The molecule has 3 nitrogen and oxygen atoms in total. The van der Waals surface area contributed by atoms with Crippen LogP contribution in [0, 0.1) is 12.7 Å². The summed E-state index contributed by atoms with van der Waals surface area (Å²) < 4.78 is 13.5. The minimum atomic E-state index is -0.432. The Labute approximate surface area is 142 Å². The quantitative estimate of drug-likeness (QED) is 0.687. The minimum Gasteiger partial charge on any atom is -0.321 e. The number of rotatable bonds is 2. The normalized spacial score (nSPS) is 10.8. The van der Waals surface area contributed by atoms with Crippen LogP contribution in [0.1, 0.15) is 16.1 Å². The molecule has 0 aliphatic rings. The van der Waals surface area contributed by atoms with Crippen molar-refractivity contribution in [2.45, 2.75) is 6.92 Å². The maximum absolute atomic E-state index is 13.5. The fourth-order valence-electron chi connectivity index (χ4n) is 2.30. The zero-order chi connectivity index (χ0) is 16.6. The van der Waals surface area contributed by atoms with Crippen molar-refractivity contribution in [2.75, 3.05) is 5.32 Å². The third-order valence-corrected chi connectivity index (χ3v) is 3.88. The van der Waals surface area contributed by atoms with Gasteiger partial charge in [-0.3, -0.25) is 9.78 Å². The number of fused-ring (bicyclic) bond motifs is 1. The molecule has 23 heavy (non-hydrogen) atoms. The Morgan fingerprint density at radius 1 is 1.13 bits per heavy atom. The third kappa shape index (κ3) is 3.28. The molecule has 3 aromatic rings. The van der Waals surface area contributed by atoms with Gasteiger partial charge in [-0.2, -0.15) is 0 Å². The van der Waals surface area contributed by atoms with E-state index >= 15 is 0 Å². The fourth-order valence-corrected chi connectivity index (χ4v) is 2.64. The topological polar surface area (TPSA) is 42.0 Å². The molecule has 1 aromatic heterocycles. The Morgan fingerprint density at radius 3 is 2.70 bits per heavy atom. The molecule has 0 atom stereocenters. The number of nitrogens with one attached hydrogen (secondary N) is 1. The van der Waals surface area contributed by atoms with Gasteiger partial charge in [-0.05, 0) is 49.4 Å². The monoisotopic (exact) mass is 348 g/mol. The number of carbonyl (C=O) groups excluding carboxylic acids is 1. The van der Waals surface area contributed by atoms with Gasteiger partial charge in [-0.25, -0.2) is 4.39 Å². The lowest BCUT2D eigenvalue weighted by atomic mass is 10.1. The predicted molar refractivity (Wildman–Crippen MR) is 90.9 cm³/mol. The summed E-state index contributed by atoms with van der Waals surface area (Å²) in [6.45, 7) is 1.77. The number of aromatic nitrogens is 1. The highest BCUT2D eigenvalue weighted by Gasteiger charge is 2.14. The maximum Gasteiger partial charge on any atom is 0.256 e. The second-order valence-electron chi connectivity index (χ2n) is 5.05. The van der Waals surface area contributed by atoms with Crippen LogP contribution in [0.2, 0.25) is 10.0 Å². The smallest absolute Gasteiger partial charge is 0.256 e. The lowest BCUT2D eigenvalue weighted by molar-refractivity contribution is 0.102. The Hall–Kier alpha value is -2.17. The van der Waals surface area contributed by atoms with E-state index in [1.165, 1.54) is 12.1 Å². The van der Waals surface area contributed by atoms with Crippen LogP contribution < -0.4 is 5.32 Å². The molecule has 1 amide bonds. The summed E-state index contributed by atoms with van der Waals surface area (Å²) >= 11 is 12.0. The maximum atomic E-state index is 13.5. The largest absolute Gasteiger partial charge is 0.321 e. The van der Waals surface area contributed by atoms with Gasteiger partial charge in [0.25, 0.3) is 5.91 Å². The number of hydrogen-bond donors (Lipinski definition) is 1. The highest BCUT2D eigenvalue weighted by atomic mass is 35.5. The second kappa shape index (κ2) is 6.14. The van der Waals surface area contributed by atoms with E-state index in [4.69, 9.17) is 23.2 Å². The molecular weight excluding hydrogens is 338 g/mol. The number of anilines is 1. The molecule has 2 aromatic carbocycles. The van der Waals surface area contributed by atoms with Crippen molar-refractivity contribution in [3.8, 4) is 0 Å². The van der Waals surface area contributed by atoms with E-state index in [1.807, 2.05) is 0 Å². The third-order valence-electron chi connectivity index (χ3n) is 3.32. The number of halogens is 3. The van der Waals surface area contributed by atoms with E-state index in [2.05, 4.69) is 10.3 Å². The number of aryl methyl sites for hydroxylation is 1. The van der Waals surface area contributed by atoms with Crippen molar-refractivity contribution in [3.05, 3.63) is 69.6 Å². The van der Waals surface area contributed by atoms with E-state index in [1.54, 1.807) is 37.3 Å². The van der Waals surface area contributed by atoms with Crippen LogP contribution in [0.4, 0.5) is 10.1 Å². The summed E-state index contributed by atoms with van der Waals surface area (Å²) in [6, 6.07) is 10.5. The molecule has 1 heterocycles. The summed E-state index contributed by atoms with van der Waals surface area (Å²) in [5, 5.41) is 3.95. The van der Waals surface area contributed by atoms with Gasteiger partial charge in [0.05, 0.1) is 21.8 Å². The molecule has 0 unspecified atom stereocenters. The van der Waals surface area contributed by atoms with Crippen LogP contribution in [0.15, 0.2) is 42.5 Å². The molecule has 0 radical (unpaired) electrons. The molecule has 0 saturated heterocycles. The highest BCUT2D eigenvalue weighted by molar-refractivity contribution is 6.36. The molecule has 116 valence electrons. The van der Waals surface area contributed by atoms with Crippen LogP contribution in [0.3, 0.4) is 0 Å². The second-order valence-corrected chi connectivity index (χ2v) is 5.89. The van der Waals surface area contributed by atoms with Crippen molar-refractivity contribution < 1.29 is 9.18 Å². The Morgan fingerprint density at radius 2 is 1.91 bits per heavy atom. The molecule has 0 saturated carbocycles. The van der Waals surface area contributed by atoms with Crippen molar-refractivity contribution in [1.82, 2.24) is 4.98 Å². The summed E-state index contributed by atoms with van der Waals surface area (Å²) in [5.41, 5.74) is 1.92. The van der Waals surface area contributed by atoms with Crippen molar-refractivity contribution >= 4 is 45.7 Å². The number of amides is 1. The Balaban J connectivity index is 2.07. The standard InChI is InChI=1S/C17H11Cl2FN2O/c1-9-6-13(12-8-11(20)3-5-15(12)21-9)17(23)22-16-7-10(18)2-4-14(16)19/h2-8H,1H3,(H,22,23). The number of carbonyl (C=O) groups is 1. The molecule has 0 fully saturated rings. The van der Waals surface area contributed by atoms with E-state index in [-0.39, 0.29) is 0 Å². The van der Waals surface area contributed by atoms with Gasteiger partial charge in [0.15, 0.2) is 0 Å². The van der Waals surface area contributed by atoms with Gasteiger partial charge in [0.1, 0.15) is 5.82 Å². The summed E-state index contributed by atoms with van der Waals surface area (Å²) in [5.74, 6) is -0.840. The first-order valence-electron chi connectivity index (χ1n) is 6.77. The fraction of sp³-hybridized carbons (Fsp3) is 0.0588. The molecule has 6 heteroatoms. The lowest BCUT2D eigenvalue weighted by Gasteiger charge is -2.10. The molecule has 0 aliphatic heterocycles. The molecule has 3 rings (SSSR count). The number of hydrogen-bond acceptors (Lipinski definition) is 2. The number of benzene rings is 2. The van der Waals surface area contributed by atoms with E-state index in [0.717, 1.165) is 0 Å². The van der Waals surface area contributed by atoms with Crippen LogP contribution in [-0.2, 0) is 0 Å². The summed E-state index contributed by atoms with van der Waals surface area (Å²) in [4.78, 5) is 16.9. The number of nitrogens with zero attached hydrogens (tertiary/aromatic N) is 1. The van der Waals surface area contributed by atoms with E-state index < -0.39 is 11.7 Å². The molecule has 1 N–H and O–H groups in total. The Kier molecular flexibility index (Phi) is 4.20. The van der Waals surface area contributed by atoms with E-state index in [9.17, 15) is 9.18 Å². The van der Waals surface area contributed by atoms with E-state index in [0.29, 0.717) is 37.9 Å². The van der Waals surface area contributed by atoms with Gasteiger partial charge < -0.3 is 5.32 Å². The van der Waals surface area contributed by atoms with Crippen LogP contribution in [-0.4, -0.2) is 10.9 Å². The van der Waals surface area contributed by atoms with Crippen molar-refractivity contribution in [2.24, 2.45) is 0 Å². The van der Waals surface area contributed by atoms with Gasteiger partial charge >= 0.3 is 0 Å². The summed E-state index contributed by atoms with van der Waals surface area (Å²) in [6.07, 6.45) is 0. The first-order chi connectivity index (χ1) is 10.9. The van der Waals surface area contributed by atoms with Crippen LogP contribution >= 0.6 is 23.2 Å². The zero-order valence-corrected chi connectivity index (χ0v) is 13.5. The van der Waals surface area contributed by atoms with Crippen LogP contribution in [0.5, 0.6) is 0 Å². The first-order valence-corrected chi connectivity index (χ1v) is 7.53. The van der Waals surface area contributed by atoms with Crippen molar-refractivity contribution in [1.29, 1.82) is 0 Å². The summed E-state index contributed by atoms with van der Waals surface area (Å²) in [7, 11) is 0. The van der Waals surface area contributed by atoms with Crippen molar-refractivity contribution in [3.63, 3.8) is 0 Å². The molecule has 0 bridgehead atoms. The highest BCUT2D eigenvalue weighted by Crippen LogP contribution is 2.27. The first kappa shape index (κ1) is 15.7. The van der Waals surface area contributed by atoms with Gasteiger partial charge in [-0.1, -0.05) is 23.2 Å². The molecular formula is C17H11Cl2FN2O. The van der Waals surface area contributed by atoms with Crippen LogP contribution in [0.25, 0.3) is 10.9 Å².